The lowest BCUT2D eigenvalue weighted by atomic mass is 10.1. The number of aliphatic hydroxyl groups is 1. The van der Waals surface area contributed by atoms with Gasteiger partial charge in [0.25, 0.3) is 0 Å². The molecule has 0 fully saturated rings. The van der Waals surface area contributed by atoms with Crippen LogP contribution < -0.4 is 10.1 Å². The molecule has 106 valence electrons. The van der Waals surface area contributed by atoms with Gasteiger partial charge in [0, 0.05) is 13.1 Å². The second kappa shape index (κ2) is 7.68. The van der Waals surface area contributed by atoms with Crippen molar-refractivity contribution >= 4 is 0 Å². The van der Waals surface area contributed by atoms with Crippen LogP contribution in [-0.4, -0.2) is 18.3 Å². The van der Waals surface area contributed by atoms with Crippen LogP contribution in [-0.2, 0) is 6.54 Å². The maximum Gasteiger partial charge on any atom is 0.119 e. The maximum atomic E-state index is 10.1. The zero-order valence-corrected chi connectivity index (χ0v) is 11.8. The number of hydrogen-bond donors (Lipinski definition) is 2. The van der Waals surface area contributed by atoms with E-state index in [0.29, 0.717) is 19.7 Å². The van der Waals surface area contributed by atoms with Gasteiger partial charge in [-0.15, -0.1) is 0 Å². The fourth-order valence-corrected chi connectivity index (χ4v) is 2.06. The van der Waals surface area contributed by atoms with Gasteiger partial charge in [0.2, 0.25) is 0 Å². The van der Waals surface area contributed by atoms with Gasteiger partial charge in [0.1, 0.15) is 5.75 Å². The van der Waals surface area contributed by atoms with Crippen molar-refractivity contribution < 1.29 is 9.84 Å². The van der Waals surface area contributed by atoms with Crippen molar-refractivity contribution in [3.63, 3.8) is 0 Å². The Labute approximate surface area is 120 Å². The van der Waals surface area contributed by atoms with Crippen LogP contribution in [0.25, 0.3) is 0 Å². The minimum atomic E-state index is -0.480. The van der Waals surface area contributed by atoms with Crippen LogP contribution in [0.1, 0.15) is 24.2 Å². The normalized spacial score (nSPS) is 12.1. The molecular formula is C17H21NO2. The molecule has 0 amide bonds. The second-order valence-electron chi connectivity index (χ2n) is 4.64. The van der Waals surface area contributed by atoms with Crippen molar-refractivity contribution in [2.75, 3.05) is 13.2 Å². The second-order valence-corrected chi connectivity index (χ2v) is 4.64. The van der Waals surface area contributed by atoms with Crippen molar-refractivity contribution in [3.8, 4) is 5.75 Å². The predicted molar refractivity (Wildman–Crippen MR) is 80.7 cm³/mol. The summed E-state index contributed by atoms with van der Waals surface area (Å²) in [5, 5.41) is 13.3. The highest BCUT2D eigenvalue weighted by atomic mass is 16.5. The zero-order valence-electron chi connectivity index (χ0n) is 11.8. The number of nitrogens with one attached hydrogen (secondary N) is 1. The van der Waals surface area contributed by atoms with Gasteiger partial charge in [-0.05, 0) is 30.2 Å². The molecule has 2 N–H and O–H groups in total. The van der Waals surface area contributed by atoms with E-state index in [-0.39, 0.29) is 0 Å². The van der Waals surface area contributed by atoms with Crippen LogP contribution in [0.2, 0.25) is 0 Å². The summed E-state index contributed by atoms with van der Waals surface area (Å²) in [7, 11) is 0. The molecule has 3 nitrogen and oxygen atoms in total. The molecule has 1 atom stereocenters. The predicted octanol–water partition coefficient (Wildman–Crippen LogP) is 2.91. The van der Waals surface area contributed by atoms with Crippen molar-refractivity contribution in [2.24, 2.45) is 0 Å². The van der Waals surface area contributed by atoms with E-state index in [2.05, 4.69) is 5.32 Å². The first kappa shape index (κ1) is 14.6. The maximum absolute atomic E-state index is 10.1. The molecule has 0 aliphatic heterocycles. The molecule has 0 spiro atoms. The molecule has 0 heterocycles. The van der Waals surface area contributed by atoms with Gasteiger partial charge < -0.3 is 15.2 Å². The molecule has 0 bridgehead atoms. The standard InChI is InChI=1S/C17H21NO2/c1-2-20-16-10-6-7-14(11-16)12-18-13-17(19)15-8-4-3-5-9-15/h3-11,17-19H,2,12-13H2,1H3/t17-/m1/s1. The lowest BCUT2D eigenvalue weighted by Crippen LogP contribution is -2.21. The van der Waals surface area contributed by atoms with Crippen LogP contribution >= 0.6 is 0 Å². The summed E-state index contributed by atoms with van der Waals surface area (Å²) in [6.07, 6.45) is -0.480. The van der Waals surface area contributed by atoms with E-state index in [1.165, 1.54) is 0 Å². The molecule has 2 aromatic rings. The Morgan fingerprint density at radius 2 is 1.90 bits per heavy atom. The van der Waals surface area contributed by atoms with E-state index in [1.807, 2.05) is 61.5 Å². The molecule has 2 rings (SSSR count). The van der Waals surface area contributed by atoms with E-state index in [1.54, 1.807) is 0 Å². The SMILES string of the molecule is CCOc1cccc(CNC[C@@H](O)c2ccccc2)c1. The summed E-state index contributed by atoms with van der Waals surface area (Å²) in [6.45, 7) is 3.89. The van der Waals surface area contributed by atoms with Gasteiger partial charge in [-0.25, -0.2) is 0 Å². The summed E-state index contributed by atoms with van der Waals surface area (Å²) in [5.74, 6) is 0.885. The summed E-state index contributed by atoms with van der Waals surface area (Å²) >= 11 is 0. The summed E-state index contributed by atoms with van der Waals surface area (Å²) in [5.41, 5.74) is 2.08. The third kappa shape index (κ3) is 4.37. The van der Waals surface area contributed by atoms with Gasteiger partial charge in [0.05, 0.1) is 12.7 Å². The quantitative estimate of drug-likeness (QED) is 0.813. The topological polar surface area (TPSA) is 41.5 Å². The van der Waals surface area contributed by atoms with Crippen molar-refractivity contribution in [1.29, 1.82) is 0 Å². The highest BCUT2D eigenvalue weighted by Crippen LogP contribution is 2.14. The van der Waals surface area contributed by atoms with E-state index < -0.39 is 6.10 Å². The fraction of sp³-hybridized carbons (Fsp3) is 0.294. The third-order valence-electron chi connectivity index (χ3n) is 3.06. The molecule has 0 aliphatic rings. The van der Waals surface area contributed by atoms with Crippen LogP contribution in [0.4, 0.5) is 0 Å². The average Bonchev–Trinajstić information content (AvgIpc) is 2.49. The van der Waals surface area contributed by atoms with E-state index in [0.717, 1.165) is 16.9 Å². The number of ether oxygens (including phenoxy) is 1. The number of rotatable bonds is 7. The molecule has 0 saturated carbocycles. The zero-order chi connectivity index (χ0) is 14.2. The number of benzene rings is 2. The Hall–Kier alpha value is -1.84. The van der Waals surface area contributed by atoms with E-state index >= 15 is 0 Å². The van der Waals surface area contributed by atoms with Crippen molar-refractivity contribution in [1.82, 2.24) is 5.32 Å². The Morgan fingerprint density at radius 1 is 1.10 bits per heavy atom. The van der Waals surface area contributed by atoms with Gasteiger partial charge >= 0.3 is 0 Å². The highest BCUT2D eigenvalue weighted by molar-refractivity contribution is 5.28. The third-order valence-corrected chi connectivity index (χ3v) is 3.06. The van der Waals surface area contributed by atoms with Crippen LogP contribution in [0, 0.1) is 0 Å². The molecule has 0 aliphatic carbocycles. The molecule has 0 aromatic heterocycles. The molecule has 0 unspecified atom stereocenters. The summed E-state index contributed by atoms with van der Waals surface area (Å²) in [4.78, 5) is 0. The molecule has 2 aromatic carbocycles. The highest BCUT2D eigenvalue weighted by Gasteiger charge is 2.05. The first-order valence-corrected chi connectivity index (χ1v) is 6.95. The molecule has 0 radical (unpaired) electrons. The lowest BCUT2D eigenvalue weighted by Gasteiger charge is -2.12. The van der Waals surface area contributed by atoms with Crippen LogP contribution in [0.15, 0.2) is 54.6 Å². The van der Waals surface area contributed by atoms with Crippen LogP contribution in [0.3, 0.4) is 0 Å². The molecular weight excluding hydrogens is 250 g/mol. The van der Waals surface area contributed by atoms with Gasteiger partial charge in [-0.3, -0.25) is 0 Å². The molecule has 20 heavy (non-hydrogen) atoms. The molecule has 0 saturated heterocycles. The first-order chi connectivity index (χ1) is 9.79. The van der Waals surface area contributed by atoms with Gasteiger partial charge in [-0.2, -0.15) is 0 Å². The van der Waals surface area contributed by atoms with Crippen molar-refractivity contribution in [3.05, 3.63) is 65.7 Å². The van der Waals surface area contributed by atoms with E-state index in [9.17, 15) is 5.11 Å². The number of hydrogen-bond acceptors (Lipinski definition) is 3. The van der Waals surface area contributed by atoms with E-state index in [4.69, 9.17) is 4.74 Å². The van der Waals surface area contributed by atoms with Crippen LogP contribution in [0.5, 0.6) is 5.75 Å². The van der Waals surface area contributed by atoms with Gasteiger partial charge in [-0.1, -0.05) is 42.5 Å². The Bertz CT molecular complexity index is 513. The minimum absolute atomic E-state index is 0.480. The van der Waals surface area contributed by atoms with Crippen molar-refractivity contribution in [2.45, 2.75) is 19.6 Å². The molecule has 3 heteroatoms. The minimum Gasteiger partial charge on any atom is -0.494 e. The Morgan fingerprint density at radius 3 is 2.65 bits per heavy atom. The first-order valence-electron chi connectivity index (χ1n) is 6.95. The summed E-state index contributed by atoms with van der Waals surface area (Å²) in [6, 6.07) is 17.7. The monoisotopic (exact) mass is 271 g/mol. The number of aliphatic hydroxyl groups excluding tert-OH is 1. The van der Waals surface area contributed by atoms with Gasteiger partial charge in [0.15, 0.2) is 0 Å². The smallest absolute Gasteiger partial charge is 0.119 e. The Balaban J connectivity index is 1.82. The Kier molecular flexibility index (Phi) is 5.59. The fourth-order valence-electron chi connectivity index (χ4n) is 2.06. The lowest BCUT2D eigenvalue weighted by molar-refractivity contribution is 0.174. The average molecular weight is 271 g/mol. The summed E-state index contributed by atoms with van der Waals surface area (Å²) < 4.78 is 5.47. The largest absolute Gasteiger partial charge is 0.494 e.